The standard InChI is InChI=1S/C14H23N5O/c1-2-7-19(13-10-17-11-13)12-14(20)18(8-3-5-15)9-4-6-16/h13,17H,2-4,7-12H2,1H3. The maximum Gasteiger partial charge on any atom is 0.236 e. The summed E-state index contributed by atoms with van der Waals surface area (Å²) < 4.78 is 0. The van der Waals surface area contributed by atoms with Crippen LogP contribution in [0.5, 0.6) is 0 Å². The van der Waals surface area contributed by atoms with Gasteiger partial charge >= 0.3 is 0 Å². The number of nitrogens with zero attached hydrogens (tertiary/aromatic N) is 4. The molecule has 1 heterocycles. The number of nitriles is 2. The van der Waals surface area contributed by atoms with Gasteiger partial charge in [0.15, 0.2) is 0 Å². The Hall–Kier alpha value is -1.63. The van der Waals surface area contributed by atoms with Crippen molar-refractivity contribution in [3.63, 3.8) is 0 Å². The van der Waals surface area contributed by atoms with Crippen molar-refractivity contribution in [1.82, 2.24) is 15.1 Å². The van der Waals surface area contributed by atoms with Crippen LogP contribution < -0.4 is 5.32 Å². The molecule has 1 saturated heterocycles. The van der Waals surface area contributed by atoms with E-state index < -0.39 is 0 Å². The molecule has 0 spiro atoms. The fourth-order valence-electron chi connectivity index (χ4n) is 2.21. The number of hydrogen-bond donors (Lipinski definition) is 1. The van der Waals surface area contributed by atoms with Crippen LogP contribution in [-0.2, 0) is 4.79 Å². The minimum Gasteiger partial charge on any atom is -0.340 e. The number of hydrogen-bond acceptors (Lipinski definition) is 5. The fraction of sp³-hybridized carbons (Fsp3) is 0.786. The molecule has 1 aliphatic rings. The third kappa shape index (κ3) is 5.16. The van der Waals surface area contributed by atoms with E-state index in [1.165, 1.54) is 0 Å². The lowest BCUT2D eigenvalue weighted by atomic mass is 10.1. The molecule has 6 heteroatoms. The van der Waals surface area contributed by atoms with E-state index in [-0.39, 0.29) is 5.91 Å². The molecule has 1 aliphatic heterocycles. The van der Waals surface area contributed by atoms with Gasteiger partial charge < -0.3 is 10.2 Å². The van der Waals surface area contributed by atoms with Crippen LogP contribution in [0.1, 0.15) is 26.2 Å². The molecular weight excluding hydrogens is 254 g/mol. The Kier molecular flexibility index (Phi) is 7.64. The van der Waals surface area contributed by atoms with Crippen LogP contribution in [0.25, 0.3) is 0 Å². The molecule has 1 N–H and O–H groups in total. The van der Waals surface area contributed by atoms with E-state index in [4.69, 9.17) is 10.5 Å². The lowest BCUT2D eigenvalue weighted by Crippen LogP contribution is -2.59. The van der Waals surface area contributed by atoms with Crippen LogP contribution in [0, 0.1) is 22.7 Å². The van der Waals surface area contributed by atoms with Gasteiger partial charge in [0.1, 0.15) is 0 Å². The molecule has 0 aromatic heterocycles. The summed E-state index contributed by atoms with van der Waals surface area (Å²) in [4.78, 5) is 16.2. The quantitative estimate of drug-likeness (QED) is 0.656. The maximum absolute atomic E-state index is 12.3. The number of amides is 1. The highest BCUT2D eigenvalue weighted by atomic mass is 16.2. The summed E-state index contributed by atoms with van der Waals surface area (Å²) in [7, 11) is 0. The smallest absolute Gasteiger partial charge is 0.236 e. The van der Waals surface area contributed by atoms with Gasteiger partial charge in [0.05, 0.1) is 31.5 Å². The Bertz CT molecular complexity index is 362. The third-order valence-electron chi connectivity index (χ3n) is 3.47. The van der Waals surface area contributed by atoms with E-state index in [1.807, 2.05) is 0 Å². The van der Waals surface area contributed by atoms with Crippen molar-refractivity contribution in [3.05, 3.63) is 0 Å². The highest BCUT2D eigenvalue weighted by Crippen LogP contribution is 2.07. The monoisotopic (exact) mass is 277 g/mol. The van der Waals surface area contributed by atoms with Gasteiger partial charge in [0.2, 0.25) is 5.91 Å². The van der Waals surface area contributed by atoms with Gasteiger partial charge in [-0.25, -0.2) is 0 Å². The van der Waals surface area contributed by atoms with Crippen molar-refractivity contribution in [1.29, 1.82) is 10.5 Å². The molecule has 0 unspecified atom stereocenters. The predicted molar refractivity (Wildman–Crippen MR) is 75.6 cm³/mol. The topological polar surface area (TPSA) is 83.2 Å². The Labute approximate surface area is 120 Å². The van der Waals surface area contributed by atoms with Gasteiger partial charge in [0.25, 0.3) is 0 Å². The summed E-state index contributed by atoms with van der Waals surface area (Å²) in [5, 5.41) is 20.5. The Morgan fingerprint density at radius 1 is 1.20 bits per heavy atom. The van der Waals surface area contributed by atoms with Gasteiger partial charge in [-0.15, -0.1) is 0 Å². The maximum atomic E-state index is 12.3. The van der Waals surface area contributed by atoms with Gasteiger partial charge in [-0.1, -0.05) is 6.92 Å². The molecule has 0 bridgehead atoms. The summed E-state index contributed by atoms with van der Waals surface area (Å²) >= 11 is 0. The first kappa shape index (κ1) is 16.4. The van der Waals surface area contributed by atoms with Crippen molar-refractivity contribution in [2.75, 3.05) is 39.3 Å². The lowest BCUT2D eigenvalue weighted by Gasteiger charge is -2.38. The summed E-state index contributed by atoms with van der Waals surface area (Å²) in [6, 6.07) is 4.54. The molecular formula is C14H23N5O. The van der Waals surface area contributed by atoms with E-state index in [9.17, 15) is 4.79 Å². The molecule has 0 saturated carbocycles. The average Bonchev–Trinajstić information content (AvgIpc) is 2.37. The van der Waals surface area contributed by atoms with Crippen molar-refractivity contribution >= 4 is 5.91 Å². The molecule has 0 aromatic rings. The molecule has 0 atom stereocenters. The second-order valence-corrected chi connectivity index (χ2v) is 4.98. The molecule has 1 rings (SSSR count). The zero-order valence-electron chi connectivity index (χ0n) is 12.1. The van der Waals surface area contributed by atoms with E-state index in [0.717, 1.165) is 26.1 Å². The summed E-state index contributed by atoms with van der Waals surface area (Å²) in [6.45, 7) is 6.10. The van der Waals surface area contributed by atoms with Gasteiger partial charge in [-0.05, 0) is 13.0 Å². The summed E-state index contributed by atoms with van der Waals surface area (Å²) in [5.74, 6) is 0.0239. The molecule has 1 fully saturated rings. The third-order valence-corrected chi connectivity index (χ3v) is 3.47. The minimum atomic E-state index is 0.0239. The van der Waals surface area contributed by atoms with Crippen LogP contribution in [0.15, 0.2) is 0 Å². The highest BCUT2D eigenvalue weighted by Gasteiger charge is 2.26. The van der Waals surface area contributed by atoms with Gasteiger partial charge in [-0.2, -0.15) is 10.5 Å². The Morgan fingerprint density at radius 3 is 2.20 bits per heavy atom. The molecule has 20 heavy (non-hydrogen) atoms. The summed E-state index contributed by atoms with van der Waals surface area (Å²) in [5.41, 5.74) is 0. The second kappa shape index (κ2) is 9.30. The first-order chi connectivity index (χ1) is 9.72. The van der Waals surface area contributed by atoms with Gasteiger partial charge in [0, 0.05) is 32.2 Å². The largest absolute Gasteiger partial charge is 0.340 e. The van der Waals surface area contributed by atoms with Crippen molar-refractivity contribution in [2.24, 2.45) is 0 Å². The van der Waals surface area contributed by atoms with Crippen LogP contribution in [0.3, 0.4) is 0 Å². The normalized spacial score (nSPS) is 14.4. The van der Waals surface area contributed by atoms with E-state index in [0.29, 0.717) is 38.5 Å². The SMILES string of the molecule is CCCN(CC(=O)N(CCC#N)CCC#N)C1CNC1. The molecule has 0 aromatic carbocycles. The molecule has 1 amide bonds. The van der Waals surface area contributed by atoms with E-state index in [1.54, 1.807) is 4.90 Å². The zero-order chi connectivity index (χ0) is 14.8. The van der Waals surface area contributed by atoms with Crippen LogP contribution in [0.4, 0.5) is 0 Å². The van der Waals surface area contributed by atoms with Crippen LogP contribution >= 0.6 is 0 Å². The first-order valence-corrected chi connectivity index (χ1v) is 7.19. The molecule has 110 valence electrons. The first-order valence-electron chi connectivity index (χ1n) is 7.19. The van der Waals surface area contributed by atoms with Gasteiger partial charge in [-0.3, -0.25) is 9.69 Å². The second-order valence-electron chi connectivity index (χ2n) is 4.98. The lowest BCUT2D eigenvalue weighted by molar-refractivity contribution is -0.133. The van der Waals surface area contributed by atoms with Crippen molar-refractivity contribution in [3.8, 4) is 12.1 Å². The molecule has 0 aliphatic carbocycles. The Morgan fingerprint density at radius 2 is 1.80 bits per heavy atom. The van der Waals surface area contributed by atoms with E-state index in [2.05, 4.69) is 29.3 Å². The number of carbonyl (C=O) groups excluding carboxylic acids is 1. The molecule has 6 nitrogen and oxygen atoms in total. The van der Waals surface area contributed by atoms with Crippen LogP contribution in [-0.4, -0.2) is 61.0 Å². The van der Waals surface area contributed by atoms with Crippen molar-refractivity contribution in [2.45, 2.75) is 32.2 Å². The zero-order valence-corrected chi connectivity index (χ0v) is 12.1. The molecule has 0 radical (unpaired) electrons. The summed E-state index contributed by atoms with van der Waals surface area (Å²) in [6.07, 6.45) is 1.64. The highest BCUT2D eigenvalue weighted by molar-refractivity contribution is 5.78. The number of rotatable bonds is 9. The number of carbonyl (C=O) groups is 1. The minimum absolute atomic E-state index is 0.0239. The Balaban J connectivity index is 2.52. The average molecular weight is 277 g/mol. The van der Waals surface area contributed by atoms with Crippen LogP contribution in [0.2, 0.25) is 0 Å². The number of nitrogens with one attached hydrogen (secondary N) is 1. The van der Waals surface area contributed by atoms with Crippen molar-refractivity contribution < 1.29 is 4.79 Å². The van der Waals surface area contributed by atoms with E-state index >= 15 is 0 Å². The fourth-order valence-corrected chi connectivity index (χ4v) is 2.21. The predicted octanol–water partition coefficient (Wildman–Crippen LogP) is 0.326.